The van der Waals surface area contributed by atoms with E-state index in [-0.39, 0.29) is 35.6 Å². The van der Waals surface area contributed by atoms with Crippen LogP contribution in [0.15, 0.2) is 12.1 Å². The highest BCUT2D eigenvalue weighted by atomic mass is 19.1. The Labute approximate surface area is 169 Å². The molecule has 5 aliphatic rings. The van der Waals surface area contributed by atoms with Gasteiger partial charge in [0.15, 0.2) is 0 Å². The lowest BCUT2D eigenvalue weighted by Crippen LogP contribution is -2.65. The van der Waals surface area contributed by atoms with Gasteiger partial charge in [0.25, 0.3) is 0 Å². The fraction of sp³-hybridized carbons (Fsp3) is 0.652. The number of aliphatic hydroxyl groups is 1. The summed E-state index contributed by atoms with van der Waals surface area (Å²) in [6.07, 6.45) is 6.87. The van der Waals surface area contributed by atoms with Gasteiger partial charge >= 0.3 is 0 Å². The number of halogens is 1. The summed E-state index contributed by atoms with van der Waals surface area (Å²) in [5.74, 6) is 0.819. The third-order valence-electron chi connectivity index (χ3n) is 7.88. The van der Waals surface area contributed by atoms with E-state index in [4.69, 9.17) is 0 Å². The molecule has 2 aliphatic heterocycles. The van der Waals surface area contributed by atoms with Crippen LogP contribution in [0, 0.1) is 11.7 Å². The van der Waals surface area contributed by atoms with Crippen LogP contribution in [0.25, 0.3) is 10.9 Å². The van der Waals surface area contributed by atoms with E-state index in [2.05, 4.69) is 15.1 Å². The van der Waals surface area contributed by atoms with Crippen molar-refractivity contribution < 1.29 is 14.3 Å². The number of benzene rings is 1. The fourth-order valence-electron chi connectivity index (χ4n) is 6.73. The SMILES string of the molecule is CC(CC(=O)N1C2CC3CC1CC(O)(C3)C2)c1[nH]nc2ccc(F)c(C3CC3)c12. The number of aromatic amines is 1. The summed E-state index contributed by atoms with van der Waals surface area (Å²) < 4.78 is 14.6. The molecule has 1 amide bonds. The zero-order valence-electron chi connectivity index (χ0n) is 16.8. The first-order valence-electron chi connectivity index (χ1n) is 11.1. The molecule has 3 unspecified atom stereocenters. The Kier molecular flexibility index (Phi) is 3.72. The Morgan fingerprint density at radius 1 is 1.31 bits per heavy atom. The average molecular weight is 397 g/mol. The van der Waals surface area contributed by atoms with Crippen molar-refractivity contribution in [1.29, 1.82) is 0 Å². The minimum Gasteiger partial charge on any atom is -0.390 e. The summed E-state index contributed by atoms with van der Waals surface area (Å²) in [6.45, 7) is 2.04. The van der Waals surface area contributed by atoms with Gasteiger partial charge in [0.2, 0.25) is 5.91 Å². The van der Waals surface area contributed by atoms with Crippen LogP contribution in [0.2, 0.25) is 0 Å². The maximum absolute atomic E-state index is 14.6. The molecule has 2 N–H and O–H groups in total. The van der Waals surface area contributed by atoms with E-state index in [0.717, 1.165) is 67.1 Å². The van der Waals surface area contributed by atoms with E-state index in [1.165, 1.54) is 6.07 Å². The summed E-state index contributed by atoms with van der Waals surface area (Å²) in [4.78, 5) is 15.4. The molecule has 1 aromatic heterocycles. The lowest BCUT2D eigenvalue weighted by Gasteiger charge is -2.59. The lowest BCUT2D eigenvalue weighted by atomic mass is 9.61. The zero-order chi connectivity index (χ0) is 19.9. The number of nitrogens with one attached hydrogen (secondary N) is 1. The molecule has 0 radical (unpaired) electrons. The van der Waals surface area contributed by atoms with Gasteiger partial charge in [-0.1, -0.05) is 6.92 Å². The molecule has 3 heterocycles. The zero-order valence-corrected chi connectivity index (χ0v) is 16.8. The summed E-state index contributed by atoms with van der Waals surface area (Å²) in [5, 5.41) is 19.2. The summed E-state index contributed by atoms with van der Waals surface area (Å²) >= 11 is 0. The number of aromatic nitrogens is 2. The Morgan fingerprint density at radius 3 is 2.69 bits per heavy atom. The van der Waals surface area contributed by atoms with Crippen molar-refractivity contribution in [2.24, 2.45) is 5.92 Å². The minimum absolute atomic E-state index is 0.0490. The molecule has 0 spiro atoms. The number of nitrogens with zero attached hydrogens (tertiary/aromatic N) is 2. The first-order chi connectivity index (χ1) is 13.9. The van der Waals surface area contributed by atoms with Gasteiger partial charge in [0.1, 0.15) is 5.82 Å². The number of carbonyl (C=O) groups excluding carboxylic acids is 1. The quantitative estimate of drug-likeness (QED) is 0.820. The van der Waals surface area contributed by atoms with Crippen LogP contribution < -0.4 is 0 Å². The molecule has 2 saturated heterocycles. The molecule has 5 nitrogen and oxygen atoms in total. The van der Waals surface area contributed by atoms with Gasteiger partial charge in [0, 0.05) is 41.1 Å². The molecule has 3 aliphatic carbocycles. The van der Waals surface area contributed by atoms with Crippen molar-refractivity contribution in [3.8, 4) is 0 Å². The second kappa shape index (κ2) is 6.03. The molecule has 29 heavy (non-hydrogen) atoms. The van der Waals surface area contributed by atoms with Crippen molar-refractivity contribution in [1.82, 2.24) is 15.1 Å². The largest absolute Gasteiger partial charge is 0.390 e. The van der Waals surface area contributed by atoms with Crippen LogP contribution in [0.4, 0.5) is 4.39 Å². The Morgan fingerprint density at radius 2 is 2.03 bits per heavy atom. The van der Waals surface area contributed by atoms with Crippen LogP contribution in [0.1, 0.15) is 81.4 Å². The number of carbonyl (C=O) groups is 1. The van der Waals surface area contributed by atoms with Gasteiger partial charge in [-0.3, -0.25) is 9.89 Å². The van der Waals surface area contributed by atoms with Crippen LogP contribution in [0.5, 0.6) is 0 Å². The number of rotatable bonds is 4. The van der Waals surface area contributed by atoms with Crippen molar-refractivity contribution in [3.63, 3.8) is 0 Å². The predicted molar refractivity (Wildman–Crippen MR) is 107 cm³/mol. The number of piperidine rings is 2. The molecule has 154 valence electrons. The first kappa shape index (κ1) is 17.9. The van der Waals surface area contributed by atoms with Crippen LogP contribution in [0.3, 0.4) is 0 Å². The predicted octanol–water partition coefficient (Wildman–Crippen LogP) is 3.98. The number of amides is 1. The van der Waals surface area contributed by atoms with Crippen LogP contribution in [-0.4, -0.2) is 43.8 Å². The third kappa shape index (κ3) is 2.75. The standard InChI is InChI=1S/C23H28FN3O2/c1-12(22-21-18(25-26-22)5-4-17(24)20(21)14-2-3-14)6-19(28)27-15-7-13-8-16(27)11-23(29,9-13)10-15/h4-5,12-16,29H,2-3,6-11H2,1H3,(H,25,26). The number of fused-ring (bicyclic) bond motifs is 1. The van der Waals surface area contributed by atoms with E-state index in [1.54, 1.807) is 6.07 Å². The van der Waals surface area contributed by atoms with Gasteiger partial charge in [-0.15, -0.1) is 0 Å². The number of hydrogen-bond acceptors (Lipinski definition) is 3. The monoisotopic (exact) mass is 397 g/mol. The Hall–Kier alpha value is -1.95. The highest BCUT2D eigenvalue weighted by molar-refractivity contribution is 5.87. The summed E-state index contributed by atoms with van der Waals surface area (Å²) in [5.41, 5.74) is 1.91. The van der Waals surface area contributed by atoms with Crippen LogP contribution >= 0.6 is 0 Å². The van der Waals surface area contributed by atoms with Gasteiger partial charge < -0.3 is 10.0 Å². The molecule has 3 atom stereocenters. The second-order valence-corrected chi connectivity index (χ2v) is 10.2. The maximum Gasteiger partial charge on any atom is 0.223 e. The van der Waals surface area contributed by atoms with E-state index >= 15 is 0 Å². The lowest BCUT2D eigenvalue weighted by molar-refractivity contribution is -0.174. The normalized spacial score (nSPS) is 34.2. The fourth-order valence-corrected chi connectivity index (χ4v) is 6.73. The van der Waals surface area contributed by atoms with Crippen molar-refractivity contribution in [2.75, 3.05) is 0 Å². The van der Waals surface area contributed by atoms with Crippen molar-refractivity contribution in [3.05, 3.63) is 29.2 Å². The van der Waals surface area contributed by atoms with Crippen molar-refractivity contribution >= 4 is 16.8 Å². The van der Waals surface area contributed by atoms with E-state index in [1.807, 2.05) is 6.92 Å². The van der Waals surface area contributed by atoms with E-state index in [9.17, 15) is 14.3 Å². The smallest absolute Gasteiger partial charge is 0.223 e. The molecular formula is C23H28FN3O2. The number of H-pyrrole nitrogens is 1. The molecular weight excluding hydrogens is 369 g/mol. The van der Waals surface area contributed by atoms with Crippen molar-refractivity contribution in [2.45, 2.75) is 87.8 Å². The summed E-state index contributed by atoms with van der Waals surface area (Å²) in [7, 11) is 0. The Balaban J connectivity index is 1.27. The Bertz CT molecular complexity index is 981. The highest BCUT2D eigenvalue weighted by Crippen LogP contribution is 2.52. The maximum atomic E-state index is 14.6. The third-order valence-corrected chi connectivity index (χ3v) is 7.88. The van der Waals surface area contributed by atoms with Crippen LogP contribution in [-0.2, 0) is 4.79 Å². The molecule has 1 aromatic carbocycles. The molecule has 5 fully saturated rings. The average Bonchev–Trinajstić information content (AvgIpc) is 3.37. The molecule has 2 aromatic rings. The minimum atomic E-state index is -0.546. The molecule has 7 rings (SSSR count). The van der Waals surface area contributed by atoms with E-state index in [0.29, 0.717) is 12.3 Å². The van der Waals surface area contributed by atoms with Gasteiger partial charge in [-0.05, 0) is 68.9 Å². The number of hydrogen-bond donors (Lipinski definition) is 2. The summed E-state index contributed by atoms with van der Waals surface area (Å²) in [6, 6.07) is 3.61. The van der Waals surface area contributed by atoms with Gasteiger partial charge in [0.05, 0.1) is 11.1 Å². The molecule has 4 bridgehead atoms. The van der Waals surface area contributed by atoms with Gasteiger partial charge in [-0.2, -0.15) is 5.10 Å². The molecule has 3 saturated carbocycles. The second-order valence-electron chi connectivity index (χ2n) is 10.2. The highest BCUT2D eigenvalue weighted by Gasteiger charge is 2.55. The first-order valence-corrected chi connectivity index (χ1v) is 11.1. The van der Waals surface area contributed by atoms with Gasteiger partial charge in [-0.25, -0.2) is 4.39 Å². The van der Waals surface area contributed by atoms with E-state index < -0.39 is 5.60 Å². The molecule has 6 heteroatoms. The topological polar surface area (TPSA) is 69.2 Å².